The van der Waals surface area contributed by atoms with Crippen LogP contribution in [0.15, 0.2) is 67.0 Å². The van der Waals surface area contributed by atoms with E-state index in [-0.39, 0.29) is 11.6 Å². The summed E-state index contributed by atoms with van der Waals surface area (Å²) >= 11 is 0. The van der Waals surface area contributed by atoms with Gasteiger partial charge in [0, 0.05) is 18.3 Å². The fourth-order valence-corrected chi connectivity index (χ4v) is 2.73. The second-order valence-electron chi connectivity index (χ2n) is 6.33. The van der Waals surface area contributed by atoms with Crippen LogP contribution >= 0.6 is 0 Å². The number of nitrogens with one attached hydrogen (secondary N) is 2. The maximum absolute atomic E-state index is 12.4. The summed E-state index contributed by atoms with van der Waals surface area (Å²) in [6, 6.07) is 18.3. The van der Waals surface area contributed by atoms with E-state index in [1.165, 1.54) is 19.0 Å². The van der Waals surface area contributed by atoms with Crippen molar-refractivity contribution in [2.75, 3.05) is 24.3 Å². The van der Waals surface area contributed by atoms with Gasteiger partial charge in [-0.15, -0.1) is 0 Å². The van der Waals surface area contributed by atoms with E-state index in [1.54, 1.807) is 30.3 Å². The molecule has 0 unspecified atom stereocenters. The highest BCUT2D eigenvalue weighted by Gasteiger charge is 2.10. The van der Waals surface area contributed by atoms with Gasteiger partial charge in [0.05, 0.1) is 12.7 Å². The molecule has 2 N–H and O–H groups in total. The Bertz CT molecular complexity index is 959. The molecule has 1 heterocycles. The lowest BCUT2D eigenvalue weighted by molar-refractivity contribution is 0.0600. The molecule has 3 aromatic rings. The molecule has 1 amide bonds. The Morgan fingerprint density at radius 2 is 1.76 bits per heavy atom. The van der Waals surface area contributed by atoms with E-state index in [0.717, 1.165) is 19.4 Å². The molecule has 148 valence electrons. The molecule has 0 fully saturated rings. The van der Waals surface area contributed by atoms with Crippen molar-refractivity contribution in [3.8, 4) is 0 Å². The van der Waals surface area contributed by atoms with Gasteiger partial charge in [0.1, 0.15) is 17.8 Å². The molecule has 0 radical (unpaired) electrons. The summed E-state index contributed by atoms with van der Waals surface area (Å²) in [5, 5.41) is 5.97. The number of carbonyl (C=O) groups is 2. The Labute approximate surface area is 169 Å². The minimum Gasteiger partial charge on any atom is -0.465 e. The molecule has 2 aromatic carbocycles. The minimum absolute atomic E-state index is 0.252. The van der Waals surface area contributed by atoms with Crippen molar-refractivity contribution in [3.05, 3.63) is 83.8 Å². The van der Waals surface area contributed by atoms with Crippen molar-refractivity contribution < 1.29 is 14.3 Å². The number of nitrogens with zero attached hydrogens (tertiary/aromatic N) is 2. The number of aryl methyl sites for hydroxylation is 1. The molecule has 7 heteroatoms. The summed E-state index contributed by atoms with van der Waals surface area (Å²) in [7, 11) is 1.32. The van der Waals surface area contributed by atoms with E-state index < -0.39 is 5.97 Å². The number of hydrogen-bond donors (Lipinski definition) is 2. The molecule has 0 aliphatic heterocycles. The first-order valence-electron chi connectivity index (χ1n) is 9.25. The van der Waals surface area contributed by atoms with Gasteiger partial charge in [0.25, 0.3) is 5.91 Å². The number of anilines is 2. The maximum atomic E-state index is 12.4. The zero-order chi connectivity index (χ0) is 20.5. The number of benzene rings is 2. The van der Waals surface area contributed by atoms with Gasteiger partial charge in [-0.05, 0) is 42.7 Å². The average molecular weight is 390 g/mol. The second kappa shape index (κ2) is 9.98. The zero-order valence-corrected chi connectivity index (χ0v) is 16.1. The predicted molar refractivity (Wildman–Crippen MR) is 111 cm³/mol. The SMILES string of the molecule is COC(=O)c1ccc(NC(=O)c2cc(NCCCc3ccccc3)ncn2)cc1. The number of methoxy groups -OCH3 is 1. The summed E-state index contributed by atoms with van der Waals surface area (Å²) in [5.41, 5.74) is 2.51. The second-order valence-corrected chi connectivity index (χ2v) is 6.33. The fraction of sp³-hybridized carbons (Fsp3) is 0.182. The molecule has 0 aliphatic rings. The van der Waals surface area contributed by atoms with Gasteiger partial charge in [-0.25, -0.2) is 14.8 Å². The molecule has 3 rings (SSSR count). The zero-order valence-electron chi connectivity index (χ0n) is 16.1. The molecule has 0 saturated carbocycles. The number of amides is 1. The van der Waals surface area contributed by atoms with Crippen molar-refractivity contribution in [1.29, 1.82) is 0 Å². The van der Waals surface area contributed by atoms with E-state index in [0.29, 0.717) is 17.1 Å². The lowest BCUT2D eigenvalue weighted by Crippen LogP contribution is -2.15. The monoisotopic (exact) mass is 390 g/mol. The molecule has 0 spiro atoms. The third-order valence-electron chi connectivity index (χ3n) is 4.25. The van der Waals surface area contributed by atoms with Gasteiger partial charge in [0.15, 0.2) is 0 Å². The summed E-state index contributed by atoms with van der Waals surface area (Å²) in [6.45, 7) is 0.738. The van der Waals surface area contributed by atoms with Crippen molar-refractivity contribution in [1.82, 2.24) is 9.97 Å². The maximum Gasteiger partial charge on any atom is 0.337 e. The summed E-state index contributed by atoms with van der Waals surface area (Å²) in [5.74, 6) is -0.188. The largest absolute Gasteiger partial charge is 0.465 e. The Kier molecular flexibility index (Phi) is 6.89. The van der Waals surface area contributed by atoms with Crippen LogP contribution in [-0.2, 0) is 11.2 Å². The van der Waals surface area contributed by atoms with Crippen molar-refractivity contribution in [3.63, 3.8) is 0 Å². The first-order chi connectivity index (χ1) is 14.2. The molecule has 29 heavy (non-hydrogen) atoms. The predicted octanol–water partition coefficient (Wildman–Crippen LogP) is 3.56. The van der Waals surface area contributed by atoms with Crippen LogP contribution in [0.25, 0.3) is 0 Å². The Hall–Kier alpha value is -3.74. The molecule has 0 bridgehead atoms. The van der Waals surface area contributed by atoms with Crippen LogP contribution in [0.2, 0.25) is 0 Å². The Morgan fingerprint density at radius 1 is 1.00 bits per heavy atom. The van der Waals surface area contributed by atoms with E-state index in [2.05, 4.69) is 37.5 Å². The van der Waals surface area contributed by atoms with Crippen molar-refractivity contribution in [2.24, 2.45) is 0 Å². The van der Waals surface area contributed by atoms with Gasteiger partial charge >= 0.3 is 5.97 Å². The fourth-order valence-electron chi connectivity index (χ4n) is 2.73. The molecule has 1 aromatic heterocycles. The number of esters is 1. The Balaban J connectivity index is 1.52. The Morgan fingerprint density at radius 3 is 2.48 bits per heavy atom. The van der Waals surface area contributed by atoms with E-state index in [9.17, 15) is 9.59 Å². The van der Waals surface area contributed by atoms with Crippen LogP contribution in [0.5, 0.6) is 0 Å². The van der Waals surface area contributed by atoms with Gasteiger partial charge in [-0.1, -0.05) is 30.3 Å². The topological polar surface area (TPSA) is 93.2 Å². The highest BCUT2D eigenvalue weighted by molar-refractivity contribution is 6.03. The summed E-state index contributed by atoms with van der Waals surface area (Å²) in [6.07, 6.45) is 3.27. The van der Waals surface area contributed by atoms with Crippen LogP contribution < -0.4 is 10.6 Å². The first-order valence-corrected chi connectivity index (χ1v) is 9.25. The number of hydrogen-bond acceptors (Lipinski definition) is 6. The van der Waals surface area contributed by atoms with Crippen LogP contribution in [0, 0.1) is 0 Å². The molecular formula is C22H22N4O3. The van der Waals surface area contributed by atoms with Gasteiger partial charge in [-0.2, -0.15) is 0 Å². The number of rotatable bonds is 8. The van der Waals surface area contributed by atoms with Crippen LogP contribution in [-0.4, -0.2) is 35.5 Å². The first kappa shape index (κ1) is 20.0. The third-order valence-corrected chi connectivity index (χ3v) is 4.25. The number of ether oxygens (including phenoxy) is 1. The third kappa shape index (κ3) is 5.87. The quantitative estimate of drug-likeness (QED) is 0.451. The normalized spacial score (nSPS) is 10.2. The van der Waals surface area contributed by atoms with Gasteiger partial charge in [0.2, 0.25) is 0 Å². The van der Waals surface area contributed by atoms with E-state index in [4.69, 9.17) is 0 Å². The standard InChI is InChI=1S/C22H22N4O3/c1-29-22(28)17-9-11-18(12-10-17)26-21(27)19-14-20(25-15-24-19)23-13-5-8-16-6-3-2-4-7-16/h2-4,6-7,9-12,14-15H,5,8,13H2,1H3,(H,26,27)(H,23,24,25). The number of aromatic nitrogens is 2. The van der Waals surface area contributed by atoms with Crippen molar-refractivity contribution in [2.45, 2.75) is 12.8 Å². The summed E-state index contributed by atoms with van der Waals surface area (Å²) in [4.78, 5) is 32.1. The molecule has 0 saturated heterocycles. The van der Waals surface area contributed by atoms with E-state index >= 15 is 0 Å². The van der Waals surface area contributed by atoms with Crippen LogP contribution in [0.3, 0.4) is 0 Å². The lowest BCUT2D eigenvalue weighted by Gasteiger charge is -2.08. The summed E-state index contributed by atoms with van der Waals surface area (Å²) < 4.78 is 4.65. The lowest BCUT2D eigenvalue weighted by atomic mass is 10.1. The van der Waals surface area contributed by atoms with Gasteiger partial charge in [-0.3, -0.25) is 4.79 Å². The smallest absolute Gasteiger partial charge is 0.337 e. The average Bonchev–Trinajstić information content (AvgIpc) is 2.77. The molecule has 7 nitrogen and oxygen atoms in total. The van der Waals surface area contributed by atoms with Crippen LogP contribution in [0.1, 0.15) is 32.8 Å². The van der Waals surface area contributed by atoms with Crippen LogP contribution in [0.4, 0.5) is 11.5 Å². The minimum atomic E-state index is -0.429. The highest BCUT2D eigenvalue weighted by Crippen LogP contribution is 2.13. The molecular weight excluding hydrogens is 368 g/mol. The highest BCUT2D eigenvalue weighted by atomic mass is 16.5. The van der Waals surface area contributed by atoms with E-state index in [1.807, 2.05) is 18.2 Å². The molecule has 0 atom stereocenters. The number of carbonyl (C=O) groups excluding carboxylic acids is 2. The molecule has 0 aliphatic carbocycles. The van der Waals surface area contributed by atoms with Gasteiger partial charge < -0.3 is 15.4 Å². The van der Waals surface area contributed by atoms with Crippen molar-refractivity contribution >= 4 is 23.4 Å².